The molecule has 2 amide bonds. The highest BCUT2D eigenvalue weighted by Crippen LogP contribution is 2.30. The molecular weight excluding hydrogens is 410 g/mol. The Morgan fingerprint density at radius 1 is 1.19 bits per heavy atom. The number of carbonyl (C=O) groups is 2. The van der Waals surface area contributed by atoms with Crippen molar-refractivity contribution in [3.8, 4) is 5.88 Å². The number of fused-ring (bicyclic) bond motifs is 1. The summed E-state index contributed by atoms with van der Waals surface area (Å²) in [6.45, 7) is 6.02. The summed E-state index contributed by atoms with van der Waals surface area (Å²) in [5.74, 6) is 0.430. The highest BCUT2D eigenvalue weighted by Gasteiger charge is 2.18. The van der Waals surface area contributed by atoms with Gasteiger partial charge in [-0.3, -0.25) is 9.69 Å². The molecule has 0 aliphatic rings. The van der Waals surface area contributed by atoms with Gasteiger partial charge in [0.15, 0.2) is 5.65 Å². The number of hydrogen-bond donors (Lipinski definition) is 1. The summed E-state index contributed by atoms with van der Waals surface area (Å²) < 4.78 is 12.1. The molecule has 2 aromatic heterocycles. The molecule has 0 atom stereocenters. The Morgan fingerprint density at radius 2 is 1.88 bits per heavy atom. The van der Waals surface area contributed by atoms with Gasteiger partial charge < -0.3 is 14.8 Å². The summed E-state index contributed by atoms with van der Waals surface area (Å²) in [7, 11) is 5.06. The Balaban J connectivity index is 1.67. The van der Waals surface area contributed by atoms with Crippen molar-refractivity contribution in [2.24, 2.45) is 7.05 Å². The molecule has 0 aliphatic carbocycles. The van der Waals surface area contributed by atoms with Crippen molar-refractivity contribution in [2.45, 2.75) is 33.6 Å². The fourth-order valence-corrected chi connectivity index (χ4v) is 3.66. The molecule has 1 aromatic carbocycles. The van der Waals surface area contributed by atoms with E-state index in [1.165, 1.54) is 4.90 Å². The zero-order chi connectivity index (χ0) is 23.4. The van der Waals surface area contributed by atoms with Crippen molar-refractivity contribution in [3.63, 3.8) is 0 Å². The molecule has 0 aliphatic heterocycles. The van der Waals surface area contributed by atoms with Crippen LogP contribution in [0.2, 0.25) is 0 Å². The molecule has 0 bridgehead atoms. The summed E-state index contributed by atoms with van der Waals surface area (Å²) >= 11 is 0. The molecule has 9 nitrogen and oxygen atoms in total. The summed E-state index contributed by atoms with van der Waals surface area (Å²) in [4.78, 5) is 30.5. The lowest BCUT2D eigenvalue weighted by Crippen LogP contribution is -2.26. The van der Waals surface area contributed by atoms with Gasteiger partial charge in [0.2, 0.25) is 11.8 Å². The van der Waals surface area contributed by atoms with E-state index in [2.05, 4.69) is 15.4 Å². The van der Waals surface area contributed by atoms with Crippen LogP contribution in [-0.4, -0.2) is 47.5 Å². The predicted octanol–water partition coefficient (Wildman–Crippen LogP) is 3.76. The van der Waals surface area contributed by atoms with E-state index in [-0.39, 0.29) is 5.91 Å². The average Bonchev–Trinajstić information content (AvgIpc) is 3.09. The van der Waals surface area contributed by atoms with Gasteiger partial charge in [-0.15, -0.1) is 5.10 Å². The van der Waals surface area contributed by atoms with Gasteiger partial charge in [0.25, 0.3) is 0 Å². The molecule has 9 heteroatoms. The Hall–Kier alpha value is -3.62. The molecule has 3 rings (SSSR count). The van der Waals surface area contributed by atoms with Gasteiger partial charge >= 0.3 is 6.09 Å². The normalized spacial score (nSPS) is 10.8. The van der Waals surface area contributed by atoms with E-state index in [4.69, 9.17) is 9.47 Å². The Morgan fingerprint density at radius 3 is 2.50 bits per heavy atom. The summed E-state index contributed by atoms with van der Waals surface area (Å²) in [5, 5.41) is 8.14. The van der Waals surface area contributed by atoms with E-state index in [1.807, 2.05) is 20.9 Å². The van der Waals surface area contributed by atoms with Gasteiger partial charge in [-0.1, -0.05) is 0 Å². The van der Waals surface area contributed by atoms with E-state index < -0.39 is 6.09 Å². The van der Waals surface area contributed by atoms with E-state index in [0.29, 0.717) is 36.7 Å². The molecule has 170 valence electrons. The second-order valence-corrected chi connectivity index (χ2v) is 7.49. The molecule has 0 spiro atoms. The van der Waals surface area contributed by atoms with Crippen LogP contribution in [0.1, 0.15) is 30.2 Å². The molecule has 1 N–H and O–H groups in total. The summed E-state index contributed by atoms with van der Waals surface area (Å²) in [5.41, 5.74) is 5.02. The first-order chi connectivity index (χ1) is 15.3. The molecule has 2 heterocycles. The van der Waals surface area contributed by atoms with Gasteiger partial charge in [0, 0.05) is 37.6 Å². The molecule has 0 saturated carbocycles. The lowest BCUT2D eigenvalue weighted by Gasteiger charge is -2.17. The van der Waals surface area contributed by atoms with Gasteiger partial charge in [-0.2, -0.15) is 0 Å². The van der Waals surface area contributed by atoms with Crippen LogP contribution >= 0.6 is 0 Å². The quantitative estimate of drug-likeness (QED) is 0.602. The SMILES string of the molecule is CCOC(=O)N(C)c1ccc(NC(=O)CCc2c(C)nc3c(c(OC)nn3C)c2C)cc1. The van der Waals surface area contributed by atoms with Crippen molar-refractivity contribution in [3.05, 3.63) is 41.1 Å². The standard InChI is InChI=1S/C23H29N5O4/c1-7-32-23(30)27(4)17-10-8-16(9-11-17)25-19(29)13-12-18-14(2)20-21(24-15(18)3)28(5)26-22(20)31-6/h8-11H,7,12-13H2,1-6H3,(H,25,29). The van der Waals surface area contributed by atoms with Crippen molar-refractivity contribution in [2.75, 3.05) is 31.0 Å². The number of nitrogens with one attached hydrogen (secondary N) is 1. The van der Waals surface area contributed by atoms with Crippen molar-refractivity contribution in [1.29, 1.82) is 0 Å². The topological polar surface area (TPSA) is 98.6 Å². The highest BCUT2D eigenvalue weighted by atomic mass is 16.6. The molecular formula is C23H29N5O4. The Bertz CT molecular complexity index is 1140. The molecule has 0 fully saturated rings. The summed E-state index contributed by atoms with van der Waals surface area (Å²) in [6, 6.07) is 7.03. The molecule has 0 unspecified atom stereocenters. The minimum absolute atomic E-state index is 0.103. The third-order valence-corrected chi connectivity index (χ3v) is 5.40. The number of pyridine rings is 1. The lowest BCUT2D eigenvalue weighted by molar-refractivity contribution is -0.116. The number of benzene rings is 1. The number of hydrogen-bond acceptors (Lipinski definition) is 6. The van der Waals surface area contributed by atoms with Crippen LogP contribution in [0.15, 0.2) is 24.3 Å². The van der Waals surface area contributed by atoms with Crippen LogP contribution in [0.25, 0.3) is 11.0 Å². The number of ether oxygens (including phenoxy) is 2. The number of methoxy groups -OCH3 is 1. The van der Waals surface area contributed by atoms with E-state index in [1.54, 1.807) is 50.0 Å². The molecule has 32 heavy (non-hydrogen) atoms. The molecule has 0 saturated heterocycles. The maximum atomic E-state index is 12.6. The zero-order valence-electron chi connectivity index (χ0n) is 19.4. The number of amides is 2. The second kappa shape index (κ2) is 9.67. The van der Waals surface area contributed by atoms with Crippen molar-refractivity contribution < 1.29 is 19.1 Å². The van der Waals surface area contributed by atoms with E-state index >= 15 is 0 Å². The number of rotatable bonds is 7. The molecule has 0 radical (unpaired) electrons. The van der Waals surface area contributed by atoms with Crippen LogP contribution in [0.5, 0.6) is 5.88 Å². The maximum Gasteiger partial charge on any atom is 0.413 e. The fraction of sp³-hybridized carbons (Fsp3) is 0.391. The summed E-state index contributed by atoms with van der Waals surface area (Å²) in [6.07, 6.45) is 0.432. The minimum atomic E-state index is -0.425. The number of carbonyl (C=O) groups excluding carboxylic acids is 2. The smallest absolute Gasteiger partial charge is 0.413 e. The van der Waals surface area contributed by atoms with Crippen LogP contribution < -0.4 is 15.0 Å². The van der Waals surface area contributed by atoms with Crippen LogP contribution in [0, 0.1) is 13.8 Å². The number of nitrogens with zero attached hydrogens (tertiary/aromatic N) is 4. The number of aromatic nitrogens is 3. The van der Waals surface area contributed by atoms with E-state index in [9.17, 15) is 9.59 Å². The largest absolute Gasteiger partial charge is 0.479 e. The van der Waals surface area contributed by atoms with Gasteiger partial charge in [0.05, 0.1) is 19.1 Å². The van der Waals surface area contributed by atoms with Gasteiger partial charge in [-0.25, -0.2) is 14.5 Å². The first-order valence-electron chi connectivity index (χ1n) is 10.4. The van der Waals surface area contributed by atoms with Crippen LogP contribution in [0.4, 0.5) is 16.2 Å². The third kappa shape index (κ3) is 4.66. The second-order valence-electron chi connectivity index (χ2n) is 7.49. The lowest BCUT2D eigenvalue weighted by atomic mass is 10.00. The zero-order valence-corrected chi connectivity index (χ0v) is 19.4. The van der Waals surface area contributed by atoms with Crippen molar-refractivity contribution in [1.82, 2.24) is 14.8 Å². The monoisotopic (exact) mass is 439 g/mol. The highest BCUT2D eigenvalue weighted by molar-refractivity contribution is 5.92. The maximum absolute atomic E-state index is 12.6. The predicted molar refractivity (Wildman–Crippen MR) is 123 cm³/mol. The van der Waals surface area contributed by atoms with E-state index in [0.717, 1.165) is 27.9 Å². The third-order valence-electron chi connectivity index (χ3n) is 5.40. The minimum Gasteiger partial charge on any atom is -0.479 e. The van der Waals surface area contributed by atoms with Crippen LogP contribution in [0.3, 0.4) is 0 Å². The van der Waals surface area contributed by atoms with Crippen molar-refractivity contribution >= 4 is 34.4 Å². The average molecular weight is 440 g/mol. The van der Waals surface area contributed by atoms with Gasteiger partial charge in [-0.05, 0) is 62.6 Å². The van der Waals surface area contributed by atoms with Crippen LogP contribution in [-0.2, 0) is 23.0 Å². The molecule has 3 aromatic rings. The Kier molecular flexibility index (Phi) is 6.97. The van der Waals surface area contributed by atoms with Gasteiger partial charge in [0.1, 0.15) is 0 Å². The number of aryl methyl sites for hydroxylation is 3. The fourth-order valence-electron chi connectivity index (χ4n) is 3.66. The first-order valence-corrected chi connectivity index (χ1v) is 10.4. The number of anilines is 2. The first kappa shape index (κ1) is 23.1. The Labute approximate surface area is 187 Å².